The summed E-state index contributed by atoms with van der Waals surface area (Å²) in [4.78, 5) is 40.6. The number of amides is 3. The van der Waals surface area contributed by atoms with E-state index in [-0.39, 0.29) is 30.4 Å². The summed E-state index contributed by atoms with van der Waals surface area (Å²) in [6.45, 7) is 1.15. The van der Waals surface area contributed by atoms with Gasteiger partial charge in [0.15, 0.2) is 6.61 Å². The van der Waals surface area contributed by atoms with Crippen molar-refractivity contribution in [3.63, 3.8) is 0 Å². The Bertz CT molecular complexity index is 936. The molecular weight excluding hydrogens is 370 g/mol. The SMILES string of the molecule is CN(C(=O)c1ccccc1)C1CCN(C(=O)c2ccc3c(c2)NC(=O)CO3)CC1. The lowest BCUT2D eigenvalue weighted by Gasteiger charge is -2.37. The number of nitrogens with zero attached hydrogens (tertiary/aromatic N) is 2. The molecule has 2 aliphatic heterocycles. The maximum Gasteiger partial charge on any atom is 0.262 e. The van der Waals surface area contributed by atoms with Crippen LogP contribution in [0.15, 0.2) is 48.5 Å². The second kappa shape index (κ2) is 7.95. The van der Waals surface area contributed by atoms with Crippen LogP contribution in [0.4, 0.5) is 5.69 Å². The zero-order valence-corrected chi connectivity index (χ0v) is 16.3. The number of hydrogen-bond acceptors (Lipinski definition) is 4. The van der Waals surface area contributed by atoms with Crippen molar-refractivity contribution in [2.24, 2.45) is 0 Å². The molecule has 0 unspecified atom stereocenters. The molecule has 2 heterocycles. The Morgan fingerprint density at radius 3 is 2.52 bits per heavy atom. The number of carbonyl (C=O) groups is 3. The largest absolute Gasteiger partial charge is 0.482 e. The molecule has 2 aliphatic rings. The van der Waals surface area contributed by atoms with Gasteiger partial charge in [0.05, 0.1) is 5.69 Å². The van der Waals surface area contributed by atoms with Gasteiger partial charge in [-0.3, -0.25) is 14.4 Å². The Kier molecular flexibility index (Phi) is 5.20. The van der Waals surface area contributed by atoms with E-state index < -0.39 is 0 Å². The first-order valence-corrected chi connectivity index (χ1v) is 9.71. The lowest BCUT2D eigenvalue weighted by atomic mass is 10.0. The van der Waals surface area contributed by atoms with Crippen LogP contribution in [0.25, 0.3) is 0 Å². The van der Waals surface area contributed by atoms with Crippen molar-refractivity contribution in [2.45, 2.75) is 18.9 Å². The van der Waals surface area contributed by atoms with Gasteiger partial charge < -0.3 is 19.9 Å². The van der Waals surface area contributed by atoms with E-state index in [9.17, 15) is 14.4 Å². The molecule has 2 aromatic rings. The molecule has 1 fully saturated rings. The van der Waals surface area contributed by atoms with Crippen molar-refractivity contribution < 1.29 is 19.1 Å². The average Bonchev–Trinajstić information content (AvgIpc) is 2.77. The van der Waals surface area contributed by atoms with Gasteiger partial charge in [0.25, 0.3) is 17.7 Å². The van der Waals surface area contributed by atoms with Crippen molar-refractivity contribution in [1.29, 1.82) is 0 Å². The first-order valence-electron chi connectivity index (χ1n) is 9.71. The maximum atomic E-state index is 12.9. The van der Waals surface area contributed by atoms with E-state index in [2.05, 4.69) is 5.32 Å². The number of rotatable bonds is 3. The number of likely N-dealkylation sites (tertiary alicyclic amines) is 1. The molecular formula is C22H23N3O4. The van der Waals surface area contributed by atoms with Gasteiger partial charge in [-0.1, -0.05) is 18.2 Å². The third-order valence-electron chi connectivity index (χ3n) is 5.50. The van der Waals surface area contributed by atoms with Gasteiger partial charge in [-0.15, -0.1) is 0 Å². The number of ether oxygens (including phenoxy) is 1. The molecule has 0 aromatic heterocycles. The quantitative estimate of drug-likeness (QED) is 0.869. The fraction of sp³-hybridized carbons (Fsp3) is 0.318. The molecule has 0 atom stereocenters. The number of piperidine rings is 1. The van der Waals surface area contributed by atoms with Gasteiger partial charge in [-0.25, -0.2) is 0 Å². The highest BCUT2D eigenvalue weighted by atomic mass is 16.5. The minimum atomic E-state index is -0.228. The Labute approximate surface area is 169 Å². The van der Waals surface area contributed by atoms with Gasteiger partial charge in [0.2, 0.25) is 0 Å². The van der Waals surface area contributed by atoms with Crippen LogP contribution in [-0.2, 0) is 4.79 Å². The summed E-state index contributed by atoms with van der Waals surface area (Å²) >= 11 is 0. The summed E-state index contributed by atoms with van der Waals surface area (Å²) in [5.74, 6) is 0.263. The molecule has 29 heavy (non-hydrogen) atoms. The second-order valence-electron chi connectivity index (χ2n) is 7.35. The normalized spacial score (nSPS) is 16.4. The maximum absolute atomic E-state index is 12.9. The molecule has 7 heteroatoms. The standard InChI is InChI=1S/C22H23N3O4/c1-24(21(27)15-5-3-2-4-6-15)17-9-11-25(12-10-17)22(28)16-7-8-19-18(13-16)23-20(26)14-29-19/h2-8,13,17H,9-12,14H2,1H3,(H,23,26). The van der Waals surface area contributed by atoms with Crippen molar-refractivity contribution in [3.05, 3.63) is 59.7 Å². The molecule has 0 bridgehead atoms. The Morgan fingerprint density at radius 2 is 1.79 bits per heavy atom. The number of fused-ring (bicyclic) bond motifs is 1. The molecule has 3 amide bonds. The molecule has 1 N–H and O–H groups in total. The highest BCUT2D eigenvalue weighted by molar-refractivity contribution is 6.00. The summed E-state index contributed by atoms with van der Waals surface area (Å²) in [6.07, 6.45) is 1.46. The number of nitrogens with one attached hydrogen (secondary N) is 1. The number of carbonyl (C=O) groups excluding carboxylic acids is 3. The van der Waals surface area contributed by atoms with Gasteiger partial charge in [0.1, 0.15) is 5.75 Å². The third kappa shape index (κ3) is 3.94. The van der Waals surface area contributed by atoms with E-state index in [1.54, 1.807) is 28.0 Å². The van der Waals surface area contributed by atoms with Crippen molar-refractivity contribution >= 4 is 23.4 Å². The summed E-state index contributed by atoms with van der Waals surface area (Å²) < 4.78 is 5.34. The van der Waals surface area contributed by atoms with Crippen LogP contribution in [0.2, 0.25) is 0 Å². The minimum absolute atomic E-state index is 0.000746. The number of benzene rings is 2. The first-order chi connectivity index (χ1) is 14.0. The average molecular weight is 393 g/mol. The van der Waals surface area contributed by atoms with E-state index in [1.807, 2.05) is 37.4 Å². The molecule has 2 aromatic carbocycles. The summed E-state index contributed by atoms with van der Waals surface area (Å²) in [7, 11) is 1.82. The van der Waals surface area contributed by atoms with E-state index in [1.165, 1.54) is 0 Å². The fourth-order valence-electron chi connectivity index (χ4n) is 3.81. The first kappa shape index (κ1) is 19.0. The fourth-order valence-corrected chi connectivity index (χ4v) is 3.81. The van der Waals surface area contributed by atoms with Crippen molar-refractivity contribution in [3.8, 4) is 5.75 Å². The minimum Gasteiger partial charge on any atom is -0.482 e. The summed E-state index contributed by atoms with van der Waals surface area (Å²) in [5, 5.41) is 2.73. The predicted molar refractivity (Wildman–Crippen MR) is 108 cm³/mol. The van der Waals surface area contributed by atoms with Crippen LogP contribution in [0.5, 0.6) is 5.75 Å². The van der Waals surface area contributed by atoms with Crippen LogP contribution in [0.3, 0.4) is 0 Å². The van der Waals surface area contributed by atoms with Gasteiger partial charge in [0, 0.05) is 37.3 Å². The van der Waals surface area contributed by atoms with E-state index in [4.69, 9.17) is 4.74 Å². The van der Waals surface area contributed by atoms with Crippen LogP contribution in [0.1, 0.15) is 33.6 Å². The van der Waals surface area contributed by atoms with Crippen LogP contribution in [-0.4, -0.2) is 60.3 Å². The van der Waals surface area contributed by atoms with Crippen molar-refractivity contribution in [2.75, 3.05) is 32.1 Å². The highest BCUT2D eigenvalue weighted by Gasteiger charge is 2.29. The van der Waals surface area contributed by atoms with Crippen molar-refractivity contribution in [1.82, 2.24) is 9.80 Å². The van der Waals surface area contributed by atoms with E-state index >= 15 is 0 Å². The van der Waals surface area contributed by atoms with E-state index in [0.717, 1.165) is 12.8 Å². The van der Waals surface area contributed by atoms with Crippen LogP contribution < -0.4 is 10.1 Å². The zero-order valence-electron chi connectivity index (χ0n) is 16.3. The monoisotopic (exact) mass is 393 g/mol. The number of hydrogen-bond donors (Lipinski definition) is 1. The molecule has 7 nitrogen and oxygen atoms in total. The van der Waals surface area contributed by atoms with Gasteiger partial charge in [-0.2, -0.15) is 0 Å². The Morgan fingerprint density at radius 1 is 1.07 bits per heavy atom. The molecule has 0 aliphatic carbocycles. The topological polar surface area (TPSA) is 79.0 Å². The lowest BCUT2D eigenvalue weighted by molar-refractivity contribution is -0.118. The predicted octanol–water partition coefficient (Wildman–Crippen LogP) is 2.39. The molecule has 150 valence electrons. The van der Waals surface area contributed by atoms with Crippen LogP contribution >= 0.6 is 0 Å². The second-order valence-corrected chi connectivity index (χ2v) is 7.35. The lowest BCUT2D eigenvalue weighted by Crippen LogP contribution is -2.47. The third-order valence-corrected chi connectivity index (χ3v) is 5.50. The van der Waals surface area contributed by atoms with Crippen LogP contribution in [0, 0.1) is 0 Å². The summed E-state index contributed by atoms with van der Waals surface area (Å²) in [5.41, 5.74) is 1.71. The van der Waals surface area contributed by atoms with E-state index in [0.29, 0.717) is 35.7 Å². The zero-order chi connectivity index (χ0) is 20.4. The highest BCUT2D eigenvalue weighted by Crippen LogP contribution is 2.29. The Balaban J connectivity index is 1.38. The number of anilines is 1. The molecule has 1 saturated heterocycles. The van der Waals surface area contributed by atoms with Gasteiger partial charge >= 0.3 is 0 Å². The molecule has 0 radical (unpaired) electrons. The van der Waals surface area contributed by atoms with Gasteiger partial charge in [-0.05, 0) is 43.2 Å². The molecule has 0 saturated carbocycles. The molecule has 4 rings (SSSR count). The summed E-state index contributed by atoms with van der Waals surface area (Å²) in [6, 6.07) is 14.4. The Hall–Kier alpha value is -3.35. The smallest absolute Gasteiger partial charge is 0.262 e. The molecule has 0 spiro atoms.